The van der Waals surface area contributed by atoms with Crippen LogP contribution in [0.3, 0.4) is 0 Å². The summed E-state index contributed by atoms with van der Waals surface area (Å²) in [6.45, 7) is 8.14. The lowest BCUT2D eigenvalue weighted by Gasteiger charge is -2.35. The highest BCUT2D eigenvalue weighted by Crippen LogP contribution is 2.41. The number of benzene rings is 2. The first-order chi connectivity index (χ1) is 31.1. The normalized spacial score (nSPS) is 18.4. The lowest BCUT2D eigenvalue weighted by Crippen LogP contribution is -2.39. The Balaban J connectivity index is 0.000000165. The molecule has 6 heterocycles. The van der Waals surface area contributed by atoms with Gasteiger partial charge in [0.2, 0.25) is 11.1 Å². The average Bonchev–Trinajstić information content (AvgIpc) is 4.22. The third-order valence-electron chi connectivity index (χ3n) is 12.3. The van der Waals surface area contributed by atoms with Crippen molar-refractivity contribution in [3.05, 3.63) is 116 Å². The highest BCUT2D eigenvalue weighted by molar-refractivity contribution is 6.62. The fourth-order valence-electron chi connectivity index (χ4n) is 8.82. The van der Waals surface area contributed by atoms with Gasteiger partial charge in [0.25, 0.3) is 11.8 Å². The van der Waals surface area contributed by atoms with Crippen molar-refractivity contribution in [1.29, 1.82) is 0 Å². The quantitative estimate of drug-likeness (QED) is 0.117. The summed E-state index contributed by atoms with van der Waals surface area (Å²) < 4.78 is 3.77. The molecule has 0 spiro atoms. The molecule has 2 aliphatic heterocycles. The van der Waals surface area contributed by atoms with Gasteiger partial charge in [-0.1, -0.05) is 23.2 Å². The zero-order valence-corrected chi connectivity index (χ0v) is 39.3. The molecule has 2 saturated heterocycles. The summed E-state index contributed by atoms with van der Waals surface area (Å²) in [4.78, 5) is 61.2. The van der Waals surface area contributed by atoms with Crippen LogP contribution in [0.2, 0.25) is 10.0 Å². The van der Waals surface area contributed by atoms with Gasteiger partial charge in [0.15, 0.2) is 11.3 Å². The molecule has 17 heteroatoms. The second kappa shape index (κ2) is 19.5. The summed E-state index contributed by atoms with van der Waals surface area (Å²) in [6, 6.07) is 18.1. The van der Waals surface area contributed by atoms with E-state index in [1.165, 1.54) is 39.5 Å². The van der Waals surface area contributed by atoms with Crippen molar-refractivity contribution in [2.75, 3.05) is 24.1 Å². The fourth-order valence-corrected chi connectivity index (χ4v) is 9.16. The minimum atomic E-state index is -0.361. The van der Waals surface area contributed by atoms with E-state index in [0.29, 0.717) is 57.5 Å². The number of aromatic nitrogens is 6. The Labute approximate surface area is 392 Å². The maximum absolute atomic E-state index is 13.6. The van der Waals surface area contributed by atoms with Crippen LogP contribution in [0.1, 0.15) is 157 Å². The fraction of sp³-hybridized carbons (Fsp3) is 0.417. The predicted octanol–water partition coefficient (Wildman–Crippen LogP) is 10.2. The molecule has 3 N–H and O–H groups in total. The van der Waals surface area contributed by atoms with Gasteiger partial charge in [0, 0.05) is 89.4 Å². The van der Waals surface area contributed by atoms with Gasteiger partial charge in [0.1, 0.15) is 0 Å². The van der Waals surface area contributed by atoms with Crippen LogP contribution in [-0.2, 0) is 9.59 Å². The molecular weight excluding hydrogens is 887 g/mol. The Morgan fingerprint density at radius 2 is 1.06 bits per heavy atom. The summed E-state index contributed by atoms with van der Waals surface area (Å²) >= 11 is 17.0. The molecule has 2 aromatic carbocycles. The smallest absolute Gasteiger partial charge is 0.256 e. The number of nitrogens with one attached hydrogen (secondary N) is 1. The lowest BCUT2D eigenvalue weighted by molar-refractivity contribution is -0.114. The number of rotatable bonds is 7. The van der Waals surface area contributed by atoms with E-state index < -0.39 is 0 Å². The number of carbonyl (C=O) groups excluding carboxylic acids is 4. The zero-order chi connectivity index (χ0) is 46.1. The van der Waals surface area contributed by atoms with Gasteiger partial charge in [-0.15, -0.1) is 0 Å². The highest BCUT2D eigenvalue weighted by Gasteiger charge is 2.35. The molecule has 4 aliphatic rings. The van der Waals surface area contributed by atoms with Crippen LogP contribution in [0.15, 0.2) is 60.7 Å². The molecule has 3 amide bonds. The van der Waals surface area contributed by atoms with Crippen LogP contribution in [0.5, 0.6) is 0 Å². The molecule has 2 aliphatic carbocycles. The predicted molar refractivity (Wildman–Crippen MR) is 253 cm³/mol. The van der Waals surface area contributed by atoms with E-state index in [-0.39, 0.29) is 35.0 Å². The highest BCUT2D eigenvalue weighted by atomic mass is 35.5. The van der Waals surface area contributed by atoms with Gasteiger partial charge in [-0.25, -0.2) is 19.0 Å². The minimum Gasteiger partial charge on any atom is -0.398 e. The number of piperidine rings is 2. The second-order valence-corrected chi connectivity index (χ2v) is 18.9. The van der Waals surface area contributed by atoms with E-state index in [1.54, 1.807) is 36.4 Å². The van der Waals surface area contributed by atoms with E-state index in [0.717, 1.165) is 84.0 Å². The average molecular weight is 940 g/mol. The van der Waals surface area contributed by atoms with Crippen molar-refractivity contribution in [2.24, 2.45) is 0 Å². The Bertz CT molecular complexity index is 2790. The number of fused-ring (bicyclic) bond motifs is 2. The molecule has 65 heavy (non-hydrogen) atoms. The van der Waals surface area contributed by atoms with Crippen LogP contribution in [-0.4, -0.2) is 75.0 Å². The Morgan fingerprint density at radius 3 is 1.52 bits per heavy atom. The van der Waals surface area contributed by atoms with Crippen molar-refractivity contribution >= 4 is 80.4 Å². The molecule has 4 fully saturated rings. The van der Waals surface area contributed by atoms with Gasteiger partial charge in [-0.3, -0.25) is 19.2 Å². The molecule has 340 valence electrons. The van der Waals surface area contributed by atoms with Gasteiger partial charge >= 0.3 is 0 Å². The van der Waals surface area contributed by atoms with Crippen LogP contribution < -0.4 is 11.1 Å². The number of hydrogen-bond donors (Lipinski definition) is 2. The van der Waals surface area contributed by atoms with Crippen molar-refractivity contribution in [1.82, 2.24) is 39.0 Å². The number of halogens is 3. The third kappa shape index (κ3) is 10.6. The van der Waals surface area contributed by atoms with Crippen LogP contribution in [0.25, 0.3) is 11.3 Å². The van der Waals surface area contributed by atoms with E-state index in [9.17, 15) is 19.2 Å². The van der Waals surface area contributed by atoms with Crippen LogP contribution in [0.4, 0.5) is 11.4 Å². The number of likely N-dealkylation sites (tertiary alicyclic amines) is 2. The van der Waals surface area contributed by atoms with E-state index in [1.807, 2.05) is 37.9 Å². The molecule has 4 aromatic heterocycles. The topological polar surface area (TPSA) is 173 Å². The third-order valence-corrected chi connectivity index (χ3v) is 12.7. The van der Waals surface area contributed by atoms with Gasteiger partial charge in [-0.2, -0.15) is 10.2 Å². The first kappa shape index (κ1) is 46.0. The molecule has 14 nitrogen and oxygen atoms in total. The summed E-state index contributed by atoms with van der Waals surface area (Å²) in [5, 5.41) is 13.0. The van der Waals surface area contributed by atoms with E-state index in [2.05, 4.69) is 36.0 Å². The lowest BCUT2D eigenvalue weighted by atomic mass is 9.98. The van der Waals surface area contributed by atoms with Crippen molar-refractivity contribution in [2.45, 2.75) is 116 Å². The van der Waals surface area contributed by atoms with Gasteiger partial charge < -0.3 is 20.9 Å². The number of anilines is 2. The molecule has 6 aromatic rings. The Hall–Kier alpha value is -5.57. The van der Waals surface area contributed by atoms with E-state index in [4.69, 9.17) is 49.1 Å². The largest absolute Gasteiger partial charge is 0.398 e. The summed E-state index contributed by atoms with van der Waals surface area (Å²) in [5.41, 5.74) is 15.7. The first-order valence-electron chi connectivity index (χ1n) is 22.3. The molecule has 10 rings (SSSR count). The standard InChI is InChI=1S/C24H26ClN5O2.C22H24ClN5O.C2H3ClO/c1-14-11-20(16-6-7-16)27-23-13-21(28-30(14)23)22-5-3-4-10-29(22)24(32)18-12-17(25)8-9-19(18)26-15(2)31;1-13-10-18(14-5-6-14)25-21-12-19(26-28(13)21)20-4-2-3-9-27(20)22(29)16-11-15(23)7-8-17(16)24;1-2(3)4/h8-9,11-13,16,22H,3-7,10H2,1-2H3,(H,26,31);7-8,10-12,14,20H,2-6,9,24H2,1H3;1H3/t22-;20-;/m00./s1. The molecular formula is C48H53Cl3N10O4. The monoisotopic (exact) mass is 938 g/mol. The maximum Gasteiger partial charge on any atom is 0.256 e. The molecule has 2 atom stereocenters. The van der Waals surface area contributed by atoms with Gasteiger partial charge in [-0.05, 0) is 138 Å². The summed E-state index contributed by atoms with van der Waals surface area (Å²) in [5.74, 6) is 0.692. The van der Waals surface area contributed by atoms with Crippen molar-refractivity contribution < 1.29 is 19.2 Å². The number of nitrogens with zero attached hydrogens (tertiary/aromatic N) is 8. The SMILES string of the molecule is CC(=O)Cl.CC(=O)Nc1ccc(Cl)cc1C(=O)N1CCCC[C@H]1c1cc2nc(C3CC3)cc(C)n2n1.Cc1cc(C2CC2)nc2cc([C@@H]3CCCCN3C(=O)c3cc(Cl)ccc3N)nn12. The first-order valence-corrected chi connectivity index (χ1v) is 23.4. The van der Waals surface area contributed by atoms with Gasteiger partial charge in [0.05, 0.1) is 40.3 Å². The summed E-state index contributed by atoms with van der Waals surface area (Å²) in [7, 11) is 0. The molecule has 2 saturated carbocycles. The number of nitrogens with two attached hydrogens (primary N) is 1. The van der Waals surface area contributed by atoms with E-state index >= 15 is 0 Å². The maximum atomic E-state index is 13.6. The number of amides is 3. The van der Waals surface area contributed by atoms with Crippen molar-refractivity contribution in [3.63, 3.8) is 0 Å². The molecule has 0 bridgehead atoms. The minimum absolute atomic E-state index is 0.0832. The molecule has 0 radical (unpaired) electrons. The van der Waals surface area contributed by atoms with Crippen LogP contribution >= 0.6 is 34.8 Å². The number of carbonyl (C=O) groups is 4. The zero-order valence-electron chi connectivity index (χ0n) is 37.0. The summed E-state index contributed by atoms with van der Waals surface area (Å²) in [6.07, 6.45) is 10.5. The van der Waals surface area contributed by atoms with Crippen LogP contribution in [0, 0.1) is 13.8 Å². The number of aryl methyl sites for hydroxylation is 2. The Morgan fingerprint density at radius 1 is 0.615 bits per heavy atom. The second-order valence-electron chi connectivity index (χ2n) is 17.5. The Kier molecular flexibility index (Phi) is 13.8. The number of nitrogen functional groups attached to an aromatic ring is 1. The van der Waals surface area contributed by atoms with Crippen molar-refractivity contribution in [3.8, 4) is 0 Å². The molecule has 0 unspecified atom stereocenters. The number of hydrogen-bond acceptors (Lipinski definition) is 9.